The van der Waals surface area contributed by atoms with Crippen LogP contribution in [0.1, 0.15) is 29.8 Å². The summed E-state index contributed by atoms with van der Waals surface area (Å²) in [6, 6.07) is 18.8. The molecule has 0 saturated heterocycles. The molecular weight excluding hydrogens is 282 g/mol. The van der Waals surface area contributed by atoms with Gasteiger partial charge in [-0.3, -0.25) is 0 Å². The van der Waals surface area contributed by atoms with Gasteiger partial charge in [-0.25, -0.2) is 4.98 Å². The maximum atomic E-state index is 8.76. The normalized spacial score (nSPS) is 11.1. The molecule has 0 bridgehead atoms. The van der Waals surface area contributed by atoms with Crippen molar-refractivity contribution in [2.45, 2.75) is 26.3 Å². The zero-order valence-electron chi connectivity index (χ0n) is 13.2. The summed E-state index contributed by atoms with van der Waals surface area (Å²) >= 11 is 0. The largest absolute Gasteiger partial charge is 0.324 e. The molecule has 0 unspecified atom stereocenters. The molecule has 0 atom stereocenters. The fourth-order valence-electron chi connectivity index (χ4n) is 2.62. The van der Waals surface area contributed by atoms with Crippen LogP contribution >= 0.6 is 0 Å². The third-order valence-electron chi connectivity index (χ3n) is 3.86. The summed E-state index contributed by atoms with van der Waals surface area (Å²) in [5.41, 5.74) is 4.53. The standard InChI is InChI=1S/C20H19N3/c1-16-8-10-17(11-9-16)12-13-20-22-18-6-2-3-7-19(18)23(20)15-5-4-14-21/h2-3,6-13H,4-5,15H2,1H3/b13-12+. The molecule has 0 aliphatic rings. The lowest BCUT2D eigenvalue weighted by molar-refractivity contribution is 0.664. The van der Waals surface area contributed by atoms with Crippen LogP contribution < -0.4 is 0 Å². The van der Waals surface area contributed by atoms with E-state index in [1.165, 1.54) is 5.56 Å². The number of rotatable bonds is 5. The molecular formula is C20H19N3. The fourth-order valence-corrected chi connectivity index (χ4v) is 2.62. The van der Waals surface area contributed by atoms with Gasteiger partial charge in [0.1, 0.15) is 5.82 Å². The lowest BCUT2D eigenvalue weighted by Crippen LogP contribution is -2.00. The van der Waals surface area contributed by atoms with Gasteiger partial charge in [0.05, 0.1) is 17.1 Å². The van der Waals surface area contributed by atoms with Crippen LogP contribution in [0.3, 0.4) is 0 Å². The van der Waals surface area contributed by atoms with Crippen molar-refractivity contribution >= 4 is 23.2 Å². The molecule has 0 N–H and O–H groups in total. The van der Waals surface area contributed by atoms with E-state index in [-0.39, 0.29) is 0 Å². The molecule has 0 fully saturated rings. The maximum Gasteiger partial charge on any atom is 0.133 e. The van der Waals surface area contributed by atoms with Crippen LogP contribution in [-0.2, 0) is 6.54 Å². The monoisotopic (exact) mass is 301 g/mol. The van der Waals surface area contributed by atoms with E-state index in [9.17, 15) is 0 Å². The number of hydrogen-bond donors (Lipinski definition) is 0. The van der Waals surface area contributed by atoms with Crippen LogP contribution in [0.2, 0.25) is 0 Å². The number of unbranched alkanes of at least 4 members (excludes halogenated alkanes) is 1. The smallest absolute Gasteiger partial charge is 0.133 e. The summed E-state index contributed by atoms with van der Waals surface area (Å²) in [7, 11) is 0. The molecule has 114 valence electrons. The van der Waals surface area contributed by atoms with Crippen LogP contribution in [0.5, 0.6) is 0 Å². The number of hydrogen-bond acceptors (Lipinski definition) is 2. The number of benzene rings is 2. The lowest BCUT2D eigenvalue weighted by Gasteiger charge is -2.05. The van der Waals surface area contributed by atoms with E-state index in [1.807, 2.05) is 18.2 Å². The maximum absolute atomic E-state index is 8.76. The first kappa shape index (κ1) is 15.1. The third kappa shape index (κ3) is 3.49. The Bertz CT molecular complexity index is 864. The second kappa shape index (κ2) is 6.93. The Hall–Kier alpha value is -2.86. The fraction of sp³-hybridized carbons (Fsp3) is 0.200. The molecule has 0 aliphatic carbocycles. The summed E-state index contributed by atoms with van der Waals surface area (Å²) in [6.45, 7) is 2.89. The Morgan fingerprint density at radius 1 is 1.09 bits per heavy atom. The number of nitrogens with zero attached hydrogens (tertiary/aromatic N) is 3. The van der Waals surface area contributed by atoms with Gasteiger partial charge in [-0.1, -0.05) is 48.0 Å². The zero-order valence-corrected chi connectivity index (χ0v) is 13.2. The van der Waals surface area contributed by atoms with Gasteiger partial charge in [0.25, 0.3) is 0 Å². The van der Waals surface area contributed by atoms with Gasteiger partial charge in [-0.05, 0) is 37.1 Å². The summed E-state index contributed by atoms with van der Waals surface area (Å²) in [4.78, 5) is 4.72. The Balaban J connectivity index is 1.93. The molecule has 3 rings (SSSR count). The van der Waals surface area contributed by atoms with E-state index < -0.39 is 0 Å². The zero-order chi connectivity index (χ0) is 16.1. The quantitative estimate of drug-likeness (QED) is 0.634. The van der Waals surface area contributed by atoms with Crippen molar-refractivity contribution in [3.63, 3.8) is 0 Å². The molecule has 0 aliphatic heterocycles. The highest BCUT2D eigenvalue weighted by molar-refractivity contribution is 5.79. The Morgan fingerprint density at radius 2 is 1.87 bits per heavy atom. The van der Waals surface area contributed by atoms with Crippen LogP contribution in [0.25, 0.3) is 23.2 Å². The van der Waals surface area contributed by atoms with Gasteiger partial charge in [-0.2, -0.15) is 5.26 Å². The molecule has 3 heteroatoms. The second-order valence-corrected chi connectivity index (χ2v) is 5.62. The summed E-state index contributed by atoms with van der Waals surface area (Å²) < 4.78 is 2.19. The molecule has 1 heterocycles. The van der Waals surface area contributed by atoms with Crippen LogP contribution in [0.4, 0.5) is 0 Å². The minimum Gasteiger partial charge on any atom is -0.324 e. The number of imidazole rings is 1. The summed E-state index contributed by atoms with van der Waals surface area (Å²) in [6.07, 6.45) is 5.54. The van der Waals surface area contributed by atoms with Crippen molar-refractivity contribution in [1.82, 2.24) is 9.55 Å². The molecule has 23 heavy (non-hydrogen) atoms. The van der Waals surface area contributed by atoms with Gasteiger partial charge in [0, 0.05) is 13.0 Å². The molecule has 0 radical (unpaired) electrons. The first-order valence-electron chi connectivity index (χ1n) is 7.85. The van der Waals surface area contributed by atoms with Crippen LogP contribution in [0.15, 0.2) is 48.5 Å². The van der Waals surface area contributed by atoms with E-state index in [4.69, 9.17) is 10.2 Å². The average Bonchev–Trinajstić information content (AvgIpc) is 2.93. The topological polar surface area (TPSA) is 41.6 Å². The highest BCUT2D eigenvalue weighted by Crippen LogP contribution is 2.19. The van der Waals surface area contributed by atoms with E-state index in [0.29, 0.717) is 6.42 Å². The van der Waals surface area contributed by atoms with Crippen molar-refractivity contribution in [2.24, 2.45) is 0 Å². The first-order valence-corrected chi connectivity index (χ1v) is 7.85. The molecule has 0 amide bonds. The third-order valence-corrected chi connectivity index (χ3v) is 3.86. The molecule has 1 aromatic heterocycles. The van der Waals surface area contributed by atoms with Crippen LogP contribution in [0, 0.1) is 18.3 Å². The highest BCUT2D eigenvalue weighted by atomic mass is 15.1. The van der Waals surface area contributed by atoms with Gasteiger partial charge < -0.3 is 4.57 Å². The molecule has 3 aromatic rings. The Morgan fingerprint density at radius 3 is 2.65 bits per heavy atom. The predicted molar refractivity (Wildman–Crippen MR) is 94.7 cm³/mol. The number of nitriles is 1. The number of fused-ring (bicyclic) bond motifs is 1. The Labute approximate surface area is 136 Å². The van der Waals surface area contributed by atoms with Gasteiger partial charge in [-0.15, -0.1) is 0 Å². The van der Waals surface area contributed by atoms with Crippen LogP contribution in [-0.4, -0.2) is 9.55 Å². The predicted octanol–water partition coefficient (Wildman–Crippen LogP) is 4.82. The highest BCUT2D eigenvalue weighted by Gasteiger charge is 2.07. The average molecular weight is 301 g/mol. The minimum absolute atomic E-state index is 0.563. The van der Waals surface area contributed by atoms with Crippen molar-refractivity contribution in [1.29, 1.82) is 5.26 Å². The summed E-state index contributed by atoms with van der Waals surface area (Å²) in [5, 5.41) is 8.76. The number of aryl methyl sites for hydroxylation is 2. The van der Waals surface area contributed by atoms with E-state index in [0.717, 1.165) is 35.4 Å². The SMILES string of the molecule is Cc1ccc(/C=C/c2nc3ccccc3n2CCCC#N)cc1. The Kier molecular flexibility index (Phi) is 4.54. The molecule has 0 spiro atoms. The van der Waals surface area contributed by atoms with Crippen molar-refractivity contribution in [2.75, 3.05) is 0 Å². The van der Waals surface area contributed by atoms with Gasteiger partial charge in [0.2, 0.25) is 0 Å². The minimum atomic E-state index is 0.563. The number of aromatic nitrogens is 2. The molecule has 3 nitrogen and oxygen atoms in total. The van der Waals surface area contributed by atoms with E-state index in [1.54, 1.807) is 0 Å². The van der Waals surface area contributed by atoms with E-state index >= 15 is 0 Å². The lowest BCUT2D eigenvalue weighted by atomic mass is 10.1. The van der Waals surface area contributed by atoms with Crippen molar-refractivity contribution in [3.8, 4) is 6.07 Å². The van der Waals surface area contributed by atoms with Gasteiger partial charge in [0.15, 0.2) is 0 Å². The molecule has 2 aromatic carbocycles. The van der Waals surface area contributed by atoms with Crippen molar-refractivity contribution < 1.29 is 0 Å². The van der Waals surface area contributed by atoms with E-state index in [2.05, 4.69) is 60.0 Å². The van der Waals surface area contributed by atoms with Crippen molar-refractivity contribution in [3.05, 3.63) is 65.5 Å². The second-order valence-electron chi connectivity index (χ2n) is 5.62. The number of para-hydroxylation sites is 2. The van der Waals surface area contributed by atoms with Gasteiger partial charge >= 0.3 is 0 Å². The first-order chi connectivity index (χ1) is 11.3. The summed E-state index contributed by atoms with van der Waals surface area (Å²) in [5.74, 6) is 0.935. The molecule has 0 saturated carbocycles.